The van der Waals surface area contributed by atoms with Crippen LogP contribution in [-0.2, 0) is 14.3 Å². The Labute approximate surface area is 84.8 Å². The van der Waals surface area contributed by atoms with E-state index in [0.717, 1.165) is 0 Å². The molecule has 1 heterocycles. The summed E-state index contributed by atoms with van der Waals surface area (Å²) in [5, 5.41) is 0. The predicted octanol–water partition coefficient (Wildman–Crippen LogP) is 2.03. The van der Waals surface area contributed by atoms with Crippen molar-refractivity contribution in [1.29, 1.82) is 0 Å². The third-order valence-corrected chi connectivity index (χ3v) is 2.09. The fourth-order valence-electron chi connectivity index (χ4n) is 1.21. The normalized spacial score (nSPS) is 30.2. The van der Waals surface area contributed by atoms with Crippen LogP contribution in [0.25, 0.3) is 0 Å². The fraction of sp³-hybridized carbons (Fsp3) is 0.667. The molecule has 0 bridgehead atoms. The lowest BCUT2D eigenvalue weighted by atomic mass is 9.97. The van der Waals surface area contributed by atoms with Crippen molar-refractivity contribution in [3.8, 4) is 0 Å². The molecule has 3 nitrogen and oxygen atoms in total. The van der Waals surface area contributed by atoms with E-state index in [0.29, 0.717) is 0 Å². The van der Waals surface area contributed by atoms with E-state index in [-0.39, 0.29) is 5.57 Å². The van der Waals surface area contributed by atoms with Crippen LogP contribution in [-0.4, -0.2) is 24.5 Å². The molecule has 1 fully saturated rings. The molecule has 6 heteroatoms. The summed E-state index contributed by atoms with van der Waals surface area (Å²) >= 11 is 0. The molecule has 86 valence electrons. The molecule has 1 saturated heterocycles. The molecule has 1 rings (SSSR count). The molecule has 1 aliphatic rings. The summed E-state index contributed by atoms with van der Waals surface area (Å²) < 4.78 is 46.2. The first-order valence-corrected chi connectivity index (χ1v) is 4.32. The Balaban J connectivity index is 2.57. The molecule has 0 aromatic rings. The minimum Gasteiger partial charge on any atom is -0.458 e. The maximum absolute atomic E-state index is 12.7. The Hall–Kier alpha value is -1.04. The third kappa shape index (κ3) is 2.31. The van der Waals surface area contributed by atoms with Gasteiger partial charge in [-0.1, -0.05) is 6.58 Å². The van der Waals surface area contributed by atoms with Crippen molar-refractivity contribution in [3.05, 3.63) is 12.2 Å². The van der Waals surface area contributed by atoms with Gasteiger partial charge in [0.25, 0.3) is 0 Å². The van der Waals surface area contributed by atoms with Gasteiger partial charge in [0.1, 0.15) is 12.0 Å². The summed E-state index contributed by atoms with van der Waals surface area (Å²) in [6.07, 6.45) is -6.94. The van der Waals surface area contributed by atoms with Crippen LogP contribution in [0.3, 0.4) is 0 Å². The molecule has 0 aliphatic carbocycles. The van der Waals surface area contributed by atoms with Crippen molar-refractivity contribution in [2.45, 2.75) is 32.4 Å². The van der Waals surface area contributed by atoms with Crippen molar-refractivity contribution in [2.75, 3.05) is 0 Å². The Kier molecular flexibility index (Phi) is 3.08. The van der Waals surface area contributed by atoms with E-state index in [1.807, 2.05) is 0 Å². The van der Waals surface area contributed by atoms with Gasteiger partial charge in [-0.3, -0.25) is 4.74 Å². The smallest absolute Gasteiger partial charge is 0.369 e. The van der Waals surface area contributed by atoms with Gasteiger partial charge in [0, 0.05) is 5.57 Å². The number of hydrogen-bond acceptors (Lipinski definition) is 3. The molecule has 3 atom stereocenters. The van der Waals surface area contributed by atoms with Crippen LogP contribution in [0, 0.1) is 5.92 Å². The zero-order chi connectivity index (χ0) is 11.8. The number of rotatable bonds is 3. The highest BCUT2D eigenvalue weighted by atomic mass is 19.3. The highest BCUT2D eigenvalue weighted by Gasteiger charge is 2.62. The second kappa shape index (κ2) is 3.84. The van der Waals surface area contributed by atoms with Gasteiger partial charge in [-0.2, -0.15) is 8.78 Å². The second-order valence-corrected chi connectivity index (χ2v) is 3.45. The van der Waals surface area contributed by atoms with Crippen LogP contribution >= 0.6 is 0 Å². The monoisotopic (exact) mass is 224 g/mol. The first-order valence-electron chi connectivity index (χ1n) is 4.32. The molecule has 3 unspecified atom stereocenters. The van der Waals surface area contributed by atoms with Crippen LogP contribution in [0.5, 0.6) is 0 Å². The quantitative estimate of drug-likeness (QED) is 0.543. The van der Waals surface area contributed by atoms with Crippen molar-refractivity contribution >= 4 is 5.97 Å². The Morgan fingerprint density at radius 2 is 2.13 bits per heavy atom. The highest BCUT2D eigenvalue weighted by Crippen LogP contribution is 2.45. The molecule has 1 aliphatic heterocycles. The van der Waals surface area contributed by atoms with Gasteiger partial charge in [-0.05, 0) is 13.8 Å². The van der Waals surface area contributed by atoms with E-state index in [1.54, 1.807) is 0 Å². The van der Waals surface area contributed by atoms with Crippen molar-refractivity contribution in [1.82, 2.24) is 0 Å². The van der Waals surface area contributed by atoms with Gasteiger partial charge in [0.2, 0.25) is 6.36 Å². The lowest BCUT2D eigenvalue weighted by Crippen LogP contribution is -2.57. The number of carbonyl (C=O) groups excluding carboxylic acids is 1. The summed E-state index contributed by atoms with van der Waals surface area (Å²) in [6.45, 7) is 5.84. The van der Waals surface area contributed by atoms with Crippen LogP contribution < -0.4 is 0 Å². The van der Waals surface area contributed by atoms with Crippen LogP contribution in [0.15, 0.2) is 12.2 Å². The van der Waals surface area contributed by atoms with E-state index in [2.05, 4.69) is 16.1 Å². The average molecular weight is 224 g/mol. The predicted molar refractivity (Wildman–Crippen MR) is 44.8 cm³/mol. The van der Waals surface area contributed by atoms with Gasteiger partial charge in [-0.25, -0.2) is 9.18 Å². The molecule has 0 amide bonds. The standard InChI is InChI=1S/C9H11F3O3/c1-4(2)8(13)14-5(3)6-7(10)15-9(6,11)12/h5-7H,1H2,2-3H3. The molecule has 0 saturated carbocycles. The third-order valence-electron chi connectivity index (χ3n) is 2.09. The summed E-state index contributed by atoms with van der Waals surface area (Å²) in [5.74, 6) is -2.57. The van der Waals surface area contributed by atoms with Crippen LogP contribution in [0.2, 0.25) is 0 Å². The molecule has 0 radical (unpaired) electrons. The SMILES string of the molecule is C=C(C)C(=O)OC(C)C1C(F)OC1(F)F. The van der Waals surface area contributed by atoms with Crippen LogP contribution in [0.4, 0.5) is 13.2 Å². The molecular formula is C9H11F3O3. The number of ether oxygens (including phenoxy) is 2. The summed E-state index contributed by atoms with van der Waals surface area (Å²) in [7, 11) is 0. The Morgan fingerprint density at radius 1 is 1.60 bits per heavy atom. The van der Waals surface area contributed by atoms with E-state index >= 15 is 0 Å². The van der Waals surface area contributed by atoms with Gasteiger partial charge < -0.3 is 4.74 Å². The largest absolute Gasteiger partial charge is 0.458 e. The minimum absolute atomic E-state index is 0.0702. The lowest BCUT2D eigenvalue weighted by molar-refractivity contribution is -0.436. The maximum atomic E-state index is 12.7. The average Bonchev–Trinajstić information content (AvgIpc) is 2.00. The number of hydrogen-bond donors (Lipinski definition) is 0. The van der Waals surface area contributed by atoms with E-state index in [4.69, 9.17) is 0 Å². The zero-order valence-electron chi connectivity index (χ0n) is 8.30. The van der Waals surface area contributed by atoms with Gasteiger partial charge in [0.05, 0.1) is 0 Å². The van der Waals surface area contributed by atoms with E-state index in [9.17, 15) is 18.0 Å². The molecule has 0 aromatic heterocycles. The second-order valence-electron chi connectivity index (χ2n) is 3.45. The van der Waals surface area contributed by atoms with Gasteiger partial charge in [0.15, 0.2) is 0 Å². The molecular weight excluding hydrogens is 213 g/mol. The number of esters is 1. The molecule has 0 N–H and O–H groups in total. The van der Waals surface area contributed by atoms with E-state index in [1.165, 1.54) is 13.8 Å². The van der Waals surface area contributed by atoms with Crippen LogP contribution in [0.1, 0.15) is 13.8 Å². The summed E-state index contributed by atoms with van der Waals surface area (Å²) in [5.41, 5.74) is 0.0702. The van der Waals surface area contributed by atoms with Crippen molar-refractivity contribution < 1.29 is 27.4 Å². The molecule has 0 spiro atoms. The number of alkyl halides is 3. The van der Waals surface area contributed by atoms with Gasteiger partial charge in [-0.15, -0.1) is 0 Å². The van der Waals surface area contributed by atoms with E-state index < -0.39 is 30.5 Å². The summed E-state index contributed by atoms with van der Waals surface area (Å²) in [6, 6.07) is 0. The van der Waals surface area contributed by atoms with Crippen molar-refractivity contribution in [2.24, 2.45) is 5.92 Å². The lowest BCUT2D eigenvalue weighted by Gasteiger charge is -2.41. The first kappa shape index (κ1) is 12.0. The van der Waals surface area contributed by atoms with Gasteiger partial charge >= 0.3 is 12.1 Å². The minimum atomic E-state index is -3.58. The highest BCUT2D eigenvalue weighted by molar-refractivity contribution is 5.87. The summed E-state index contributed by atoms with van der Waals surface area (Å²) in [4.78, 5) is 11.0. The molecule has 15 heavy (non-hydrogen) atoms. The first-order chi connectivity index (χ1) is 6.75. The number of carbonyl (C=O) groups is 1. The zero-order valence-corrected chi connectivity index (χ0v) is 8.30. The number of halogens is 3. The molecule has 0 aromatic carbocycles. The Bertz CT molecular complexity index is 290. The topological polar surface area (TPSA) is 35.5 Å². The fourth-order valence-corrected chi connectivity index (χ4v) is 1.21. The Morgan fingerprint density at radius 3 is 2.47 bits per heavy atom. The van der Waals surface area contributed by atoms with Crippen molar-refractivity contribution in [3.63, 3.8) is 0 Å². The maximum Gasteiger partial charge on any atom is 0.369 e.